The van der Waals surface area contributed by atoms with E-state index in [1.165, 1.54) is 11.6 Å². The number of carbonyl (C=O) groups excluding carboxylic acids is 2. The summed E-state index contributed by atoms with van der Waals surface area (Å²) in [6.45, 7) is 3.21. The summed E-state index contributed by atoms with van der Waals surface area (Å²) in [5.41, 5.74) is 2.21. The monoisotopic (exact) mass is 372 g/mol. The van der Waals surface area contributed by atoms with Crippen molar-refractivity contribution in [2.45, 2.75) is 26.4 Å². The van der Waals surface area contributed by atoms with Gasteiger partial charge in [0.05, 0.1) is 12.5 Å². The number of nitrogens with one attached hydrogen (secondary N) is 1. The van der Waals surface area contributed by atoms with Crippen LogP contribution in [0.25, 0.3) is 0 Å². The van der Waals surface area contributed by atoms with Gasteiger partial charge in [-0.25, -0.2) is 4.79 Å². The normalized spacial score (nSPS) is 16.7. The summed E-state index contributed by atoms with van der Waals surface area (Å²) < 4.78 is 0. The summed E-state index contributed by atoms with van der Waals surface area (Å²) in [4.78, 5) is 38.2. The van der Waals surface area contributed by atoms with E-state index in [0.717, 1.165) is 21.8 Å². The minimum absolute atomic E-state index is 0.0185. The van der Waals surface area contributed by atoms with Gasteiger partial charge in [-0.1, -0.05) is 29.8 Å². The van der Waals surface area contributed by atoms with Crippen LogP contribution in [0.4, 0.5) is 0 Å². The molecule has 3 rings (SSSR count). The zero-order valence-corrected chi connectivity index (χ0v) is 15.2. The summed E-state index contributed by atoms with van der Waals surface area (Å²) in [5.74, 6) is -1.53. The van der Waals surface area contributed by atoms with Gasteiger partial charge in [0.2, 0.25) is 11.8 Å². The highest BCUT2D eigenvalue weighted by Gasteiger charge is 2.34. The molecule has 1 aliphatic rings. The Morgan fingerprint density at radius 3 is 2.62 bits per heavy atom. The van der Waals surface area contributed by atoms with Gasteiger partial charge in [-0.3, -0.25) is 9.59 Å². The van der Waals surface area contributed by atoms with Crippen molar-refractivity contribution in [1.82, 2.24) is 10.2 Å². The lowest BCUT2D eigenvalue weighted by molar-refractivity contribution is -0.129. The van der Waals surface area contributed by atoms with Gasteiger partial charge in [-0.15, -0.1) is 11.3 Å². The molecule has 1 aromatic carbocycles. The molecule has 1 fully saturated rings. The van der Waals surface area contributed by atoms with E-state index in [9.17, 15) is 14.4 Å². The molecule has 0 aliphatic carbocycles. The molecule has 2 N–H and O–H groups in total. The van der Waals surface area contributed by atoms with Crippen LogP contribution in [-0.2, 0) is 22.7 Å². The lowest BCUT2D eigenvalue weighted by Crippen LogP contribution is -2.32. The molecule has 136 valence electrons. The van der Waals surface area contributed by atoms with Crippen LogP contribution in [0.15, 0.2) is 36.4 Å². The number of likely N-dealkylation sites (tertiary alicyclic amines) is 1. The molecule has 2 heterocycles. The Balaban J connectivity index is 1.53. The van der Waals surface area contributed by atoms with Gasteiger partial charge < -0.3 is 15.3 Å². The third-order valence-electron chi connectivity index (χ3n) is 4.39. The Bertz CT molecular complexity index is 828. The molecule has 1 aromatic heterocycles. The van der Waals surface area contributed by atoms with Crippen LogP contribution in [0.3, 0.4) is 0 Å². The summed E-state index contributed by atoms with van der Waals surface area (Å²) in [6.07, 6.45) is 0.211. The standard InChI is InChI=1S/C19H20N2O4S/c1-12-2-4-13(5-3-12)10-21-11-14(8-17(21)22)18(23)20-9-15-6-7-16(26-15)19(24)25/h2-7,14H,8-11H2,1H3,(H,20,23)(H,24,25). The largest absolute Gasteiger partial charge is 0.477 e. The van der Waals surface area contributed by atoms with E-state index in [0.29, 0.717) is 13.1 Å². The molecule has 1 unspecified atom stereocenters. The molecule has 0 spiro atoms. The summed E-state index contributed by atoms with van der Waals surface area (Å²) in [6, 6.07) is 11.2. The SMILES string of the molecule is Cc1ccc(CN2CC(C(=O)NCc3ccc(C(=O)O)s3)CC2=O)cc1. The number of hydrogen-bond donors (Lipinski definition) is 2. The number of thiophene rings is 1. The molecule has 7 heteroatoms. The van der Waals surface area contributed by atoms with E-state index in [2.05, 4.69) is 5.32 Å². The van der Waals surface area contributed by atoms with Crippen LogP contribution < -0.4 is 5.32 Å². The number of amides is 2. The quantitative estimate of drug-likeness (QED) is 0.815. The third-order valence-corrected chi connectivity index (χ3v) is 5.46. The number of carbonyl (C=O) groups is 3. The van der Waals surface area contributed by atoms with Gasteiger partial charge in [-0.2, -0.15) is 0 Å². The van der Waals surface area contributed by atoms with Crippen LogP contribution in [0.1, 0.15) is 32.1 Å². The zero-order valence-electron chi connectivity index (χ0n) is 14.4. The zero-order chi connectivity index (χ0) is 18.7. The molecule has 0 bridgehead atoms. The van der Waals surface area contributed by atoms with Crippen molar-refractivity contribution in [1.29, 1.82) is 0 Å². The molecule has 1 saturated heterocycles. The highest BCUT2D eigenvalue weighted by Crippen LogP contribution is 2.21. The Kier molecular flexibility index (Phi) is 5.37. The van der Waals surface area contributed by atoms with Gasteiger partial charge in [0, 0.05) is 24.4 Å². The maximum atomic E-state index is 12.3. The lowest BCUT2D eigenvalue weighted by Gasteiger charge is -2.16. The average molecular weight is 372 g/mol. The van der Waals surface area contributed by atoms with Crippen molar-refractivity contribution in [3.63, 3.8) is 0 Å². The summed E-state index contributed by atoms with van der Waals surface area (Å²) in [5, 5.41) is 11.7. The number of rotatable bonds is 6. The first kappa shape index (κ1) is 18.1. The first-order valence-corrected chi connectivity index (χ1v) is 9.17. The lowest BCUT2D eigenvalue weighted by atomic mass is 10.1. The van der Waals surface area contributed by atoms with Crippen molar-refractivity contribution >= 4 is 29.1 Å². The average Bonchev–Trinajstić information content (AvgIpc) is 3.22. The van der Waals surface area contributed by atoms with E-state index in [1.807, 2.05) is 31.2 Å². The predicted octanol–water partition coefficient (Wildman–Crippen LogP) is 2.42. The molecule has 0 radical (unpaired) electrons. The summed E-state index contributed by atoms with van der Waals surface area (Å²) in [7, 11) is 0. The van der Waals surface area contributed by atoms with Crippen LogP contribution in [-0.4, -0.2) is 34.3 Å². The topological polar surface area (TPSA) is 86.7 Å². The fourth-order valence-corrected chi connectivity index (χ4v) is 3.71. The third kappa shape index (κ3) is 4.29. The van der Waals surface area contributed by atoms with Crippen LogP contribution in [0, 0.1) is 12.8 Å². The second-order valence-corrected chi connectivity index (χ2v) is 7.62. The molecule has 2 amide bonds. The van der Waals surface area contributed by atoms with Gasteiger partial charge in [0.15, 0.2) is 0 Å². The second-order valence-electron chi connectivity index (χ2n) is 6.45. The molecule has 0 saturated carbocycles. The van der Waals surface area contributed by atoms with Crippen LogP contribution in [0.5, 0.6) is 0 Å². The van der Waals surface area contributed by atoms with E-state index in [-0.39, 0.29) is 35.6 Å². The number of carboxylic acids is 1. The van der Waals surface area contributed by atoms with E-state index in [1.54, 1.807) is 11.0 Å². The van der Waals surface area contributed by atoms with E-state index < -0.39 is 5.97 Å². The Morgan fingerprint density at radius 1 is 1.23 bits per heavy atom. The number of nitrogens with zero attached hydrogens (tertiary/aromatic N) is 1. The van der Waals surface area contributed by atoms with Crippen molar-refractivity contribution in [2.24, 2.45) is 5.92 Å². The van der Waals surface area contributed by atoms with E-state index >= 15 is 0 Å². The van der Waals surface area contributed by atoms with Crippen LogP contribution >= 0.6 is 11.3 Å². The van der Waals surface area contributed by atoms with Crippen molar-refractivity contribution in [3.8, 4) is 0 Å². The van der Waals surface area contributed by atoms with E-state index in [4.69, 9.17) is 5.11 Å². The van der Waals surface area contributed by atoms with Crippen LogP contribution in [0.2, 0.25) is 0 Å². The molecule has 6 nitrogen and oxygen atoms in total. The van der Waals surface area contributed by atoms with Crippen molar-refractivity contribution in [2.75, 3.05) is 6.54 Å². The number of carboxylic acid groups (broad SMARTS) is 1. The first-order valence-electron chi connectivity index (χ1n) is 8.35. The minimum Gasteiger partial charge on any atom is -0.477 e. The molecule has 26 heavy (non-hydrogen) atoms. The fraction of sp³-hybridized carbons (Fsp3) is 0.316. The van der Waals surface area contributed by atoms with Crippen molar-refractivity contribution < 1.29 is 19.5 Å². The maximum absolute atomic E-state index is 12.3. The van der Waals surface area contributed by atoms with Crippen molar-refractivity contribution in [3.05, 3.63) is 57.3 Å². The van der Waals surface area contributed by atoms with Gasteiger partial charge in [0.25, 0.3) is 0 Å². The Morgan fingerprint density at radius 2 is 1.96 bits per heavy atom. The molecule has 1 atom stereocenters. The minimum atomic E-state index is -0.972. The number of aryl methyl sites for hydroxylation is 1. The van der Waals surface area contributed by atoms with Gasteiger partial charge in [0.1, 0.15) is 4.88 Å². The Labute approximate surface area is 155 Å². The first-order chi connectivity index (χ1) is 12.4. The molecule has 1 aliphatic heterocycles. The molecule has 2 aromatic rings. The fourth-order valence-electron chi connectivity index (χ4n) is 2.92. The smallest absolute Gasteiger partial charge is 0.345 e. The molecular weight excluding hydrogens is 352 g/mol. The molecular formula is C19H20N2O4S. The summed E-state index contributed by atoms with van der Waals surface area (Å²) >= 11 is 1.14. The number of aromatic carboxylic acids is 1. The highest BCUT2D eigenvalue weighted by atomic mass is 32.1. The number of hydrogen-bond acceptors (Lipinski definition) is 4. The second kappa shape index (κ2) is 7.70. The Hall–Kier alpha value is -2.67. The van der Waals surface area contributed by atoms with Gasteiger partial charge >= 0.3 is 5.97 Å². The maximum Gasteiger partial charge on any atom is 0.345 e. The van der Waals surface area contributed by atoms with Gasteiger partial charge in [-0.05, 0) is 24.6 Å². The number of benzene rings is 1. The predicted molar refractivity (Wildman–Crippen MR) is 97.8 cm³/mol. The highest BCUT2D eigenvalue weighted by molar-refractivity contribution is 7.13.